The van der Waals surface area contributed by atoms with Gasteiger partial charge in [-0.05, 0) is 18.4 Å². The molecule has 2 N–H and O–H groups in total. The Balaban J connectivity index is 3.13. The van der Waals surface area contributed by atoms with Crippen LogP contribution < -0.4 is 10.6 Å². The lowest BCUT2D eigenvalue weighted by atomic mass is 9.87. The van der Waals surface area contributed by atoms with Gasteiger partial charge in [0.05, 0.1) is 17.4 Å². The van der Waals surface area contributed by atoms with Crippen LogP contribution in [-0.4, -0.2) is 18.1 Å². The SMILES string of the molecule is CC(N(C)c1ncc(N)cc1C#N)C(C)(C)C. The molecule has 1 rings (SSSR count). The molecule has 0 aliphatic heterocycles. The summed E-state index contributed by atoms with van der Waals surface area (Å²) in [6.07, 6.45) is 1.59. The number of anilines is 2. The molecule has 4 heteroatoms. The Morgan fingerprint density at radius 3 is 2.53 bits per heavy atom. The molecule has 4 nitrogen and oxygen atoms in total. The van der Waals surface area contributed by atoms with E-state index in [0.29, 0.717) is 17.1 Å². The maximum absolute atomic E-state index is 9.10. The molecule has 0 fully saturated rings. The van der Waals surface area contributed by atoms with Gasteiger partial charge in [-0.15, -0.1) is 0 Å². The topological polar surface area (TPSA) is 65.9 Å². The summed E-state index contributed by atoms with van der Waals surface area (Å²) in [5, 5.41) is 9.10. The fraction of sp³-hybridized carbons (Fsp3) is 0.538. The van der Waals surface area contributed by atoms with E-state index in [2.05, 4.69) is 38.7 Å². The van der Waals surface area contributed by atoms with Crippen LogP contribution in [0.3, 0.4) is 0 Å². The van der Waals surface area contributed by atoms with Crippen molar-refractivity contribution in [1.29, 1.82) is 5.26 Å². The molecule has 0 aliphatic rings. The van der Waals surface area contributed by atoms with Gasteiger partial charge in [-0.3, -0.25) is 0 Å². The van der Waals surface area contributed by atoms with E-state index in [-0.39, 0.29) is 11.5 Å². The van der Waals surface area contributed by atoms with E-state index >= 15 is 0 Å². The molecule has 0 saturated heterocycles. The van der Waals surface area contributed by atoms with Gasteiger partial charge in [-0.25, -0.2) is 4.98 Å². The monoisotopic (exact) mass is 232 g/mol. The average molecular weight is 232 g/mol. The molecule has 0 bridgehead atoms. The zero-order valence-corrected chi connectivity index (χ0v) is 11.2. The number of nitrogens with zero attached hydrogens (tertiary/aromatic N) is 3. The first-order chi connectivity index (χ1) is 7.77. The summed E-state index contributed by atoms with van der Waals surface area (Å²) in [4.78, 5) is 6.29. The number of nitrogen functional groups attached to an aromatic ring is 1. The lowest BCUT2D eigenvalue weighted by molar-refractivity contribution is 0.328. The van der Waals surface area contributed by atoms with E-state index in [4.69, 9.17) is 11.0 Å². The Labute approximate surface area is 103 Å². The van der Waals surface area contributed by atoms with Gasteiger partial charge in [0.2, 0.25) is 0 Å². The molecule has 1 aromatic rings. The second-order valence-electron chi connectivity index (χ2n) is 5.40. The fourth-order valence-corrected chi connectivity index (χ4v) is 1.60. The lowest BCUT2D eigenvalue weighted by Crippen LogP contribution is -2.40. The minimum Gasteiger partial charge on any atom is -0.397 e. The summed E-state index contributed by atoms with van der Waals surface area (Å²) in [6, 6.07) is 4.07. The van der Waals surface area contributed by atoms with Crippen molar-refractivity contribution in [3.8, 4) is 6.07 Å². The second-order valence-corrected chi connectivity index (χ2v) is 5.40. The largest absolute Gasteiger partial charge is 0.397 e. The van der Waals surface area contributed by atoms with Gasteiger partial charge in [0.25, 0.3) is 0 Å². The van der Waals surface area contributed by atoms with E-state index in [0.717, 1.165) is 0 Å². The molecule has 0 aliphatic carbocycles. The maximum atomic E-state index is 9.10. The molecule has 0 spiro atoms. The highest BCUT2D eigenvalue weighted by molar-refractivity contribution is 5.59. The fourth-order valence-electron chi connectivity index (χ4n) is 1.60. The summed E-state index contributed by atoms with van der Waals surface area (Å²) in [5.74, 6) is 0.684. The summed E-state index contributed by atoms with van der Waals surface area (Å²) >= 11 is 0. The Hall–Kier alpha value is -1.76. The highest BCUT2D eigenvalue weighted by Crippen LogP contribution is 2.28. The maximum Gasteiger partial charge on any atom is 0.146 e. The molecule has 0 amide bonds. The summed E-state index contributed by atoms with van der Waals surface area (Å²) in [6.45, 7) is 8.62. The van der Waals surface area contributed by atoms with Crippen molar-refractivity contribution in [2.45, 2.75) is 33.7 Å². The number of hydrogen-bond donors (Lipinski definition) is 1. The highest BCUT2D eigenvalue weighted by atomic mass is 15.2. The van der Waals surface area contributed by atoms with Crippen LogP contribution >= 0.6 is 0 Å². The molecule has 1 unspecified atom stereocenters. The zero-order chi connectivity index (χ0) is 13.2. The molecule has 1 aromatic heterocycles. The molecular weight excluding hydrogens is 212 g/mol. The van der Waals surface area contributed by atoms with Crippen molar-refractivity contribution in [1.82, 2.24) is 4.98 Å². The summed E-state index contributed by atoms with van der Waals surface area (Å²) in [7, 11) is 1.95. The standard InChI is InChI=1S/C13H20N4/c1-9(13(2,3)4)17(5)12-10(7-14)6-11(15)8-16-12/h6,8-9H,15H2,1-5H3. The van der Waals surface area contributed by atoms with Gasteiger partial charge in [-0.2, -0.15) is 5.26 Å². The Morgan fingerprint density at radius 2 is 2.06 bits per heavy atom. The third-order valence-electron chi connectivity index (χ3n) is 3.18. The minimum atomic E-state index is 0.116. The van der Waals surface area contributed by atoms with Crippen molar-refractivity contribution in [2.24, 2.45) is 5.41 Å². The Morgan fingerprint density at radius 1 is 1.47 bits per heavy atom. The molecule has 1 atom stereocenters. The van der Waals surface area contributed by atoms with E-state index in [9.17, 15) is 0 Å². The third kappa shape index (κ3) is 2.88. The summed E-state index contributed by atoms with van der Waals surface area (Å²) in [5.41, 5.74) is 6.78. The predicted octanol–water partition coefficient (Wildman–Crippen LogP) is 2.41. The van der Waals surface area contributed by atoms with E-state index < -0.39 is 0 Å². The smallest absolute Gasteiger partial charge is 0.146 e. The van der Waals surface area contributed by atoms with Crippen LogP contribution in [-0.2, 0) is 0 Å². The van der Waals surface area contributed by atoms with Crippen LogP contribution in [0.2, 0.25) is 0 Å². The highest BCUT2D eigenvalue weighted by Gasteiger charge is 2.26. The number of aromatic nitrogens is 1. The van der Waals surface area contributed by atoms with Crippen LogP contribution in [0.4, 0.5) is 11.5 Å². The summed E-state index contributed by atoms with van der Waals surface area (Å²) < 4.78 is 0. The average Bonchev–Trinajstić information content (AvgIpc) is 2.25. The van der Waals surface area contributed by atoms with E-state index in [1.165, 1.54) is 0 Å². The first-order valence-electron chi connectivity index (χ1n) is 5.66. The molecule has 92 valence electrons. The van der Waals surface area contributed by atoms with Gasteiger partial charge < -0.3 is 10.6 Å². The normalized spacial score (nSPS) is 12.9. The number of hydrogen-bond acceptors (Lipinski definition) is 4. The van der Waals surface area contributed by atoms with Gasteiger partial charge in [0.15, 0.2) is 0 Å². The number of pyridine rings is 1. The van der Waals surface area contributed by atoms with Gasteiger partial charge in [-0.1, -0.05) is 20.8 Å². The molecular formula is C13H20N4. The van der Waals surface area contributed by atoms with Crippen LogP contribution in [0.5, 0.6) is 0 Å². The van der Waals surface area contributed by atoms with Crippen molar-refractivity contribution in [2.75, 3.05) is 17.7 Å². The van der Waals surface area contributed by atoms with Crippen LogP contribution in [0.1, 0.15) is 33.3 Å². The predicted molar refractivity (Wildman–Crippen MR) is 70.7 cm³/mol. The van der Waals surface area contributed by atoms with E-state index in [1.807, 2.05) is 11.9 Å². The van der Waals surface area contributed by atoms with Crippen LogP contribution in [0.25, 0.3) is 0 Å². The Kier molecular flexibility index (Phi) is 3.62. The van der Waals surface area contributed by atoms with Gasteiger partial charge in [0.1, 0.15) is 11.9 Å². The van der Waals surface area contributed by atoms with Crippen molar-refractivity contribution in [3.05, 3.63) is 17.8 Å². The zero-order valence-electron chi connectivity index (χ0n) is 11.2. The number of rotatable bonds is 2. The second kappa shape index (κ2) is 4.62. The Bertz CT molecular complexity index is 440. The van der Waals surface area contributed by atoms with Crippen molar-refractivity contribution < 1.29 is 0 Å². The van der Waals surface area contributed by atoms with Gasteiger partial charge in [0, 0.05) is 13.1 Å². The molecule has 17 heavy (non-hydrogen) atoms. The quantitative estimate of drug-likeness (QED) is 0.850. The van der Waals surface area contributed by atoms with Crippen LogP contribution in [0.15, 0.2) is 12.3 Å². The molecule has 0 aromatic carbocycles. The number of nitrogens with two attached hydrogens (primary N) is 1. The number of nitriles is 1. The van der Waals surface area contributed by atoms with Crippen LogP contribution in [0, 0.1) is 16.7 Å². The molecule has 0 radical (unpaired) electrons. The van der Waals surface area contributed by atoms with E-state index in [1.54, 1.807) is 12.3 Å². The third-order valence-corrected chi connectivity index (χ3v) is 3.18. The lowest BCUT2D eigenvalue weighted by Gasteiger charge is -2.36. The van der Waals surface area contributed by atoms with Gasteiger partial charge >= 0.3 is 0 Å². The van der Waals surface area contributed by atoms with Crippen molar-refractivity contribution in [3.63, 3.8) is 0 Å². The first-order valence-corrected chi connectivity index (χ1v) is 5.66. The molecule has 1 heterocycles. The molecule has 0 saturated carbocycles. The minimum absolute atomic E-state index is 0.116. The first kappa shape index (κ1) is 13.3. The van der Waals surface area contributed by atoms with Crippen molar-refractivity contribution >= 4 is 11.5 Å².